The minimum absolute atomic E-state index is 0.420. The lowest BCUT2D eigenvalue weighted by Crippen LogP contribution is -2.13. The van der Waals surface area contributed by atoms with Crippen molar-refractivity contribution < 1.29 is 0 Å². The van der Waals surface area contributed by atoms with Crippen molar-refractivity contribution in [2.75, 3.05) is 11.9 Å². The van der Waals surface area contributed by atoms with Crippen LogP contribution in [0.3, 0.4) is 0 Å². The molecule has 2 aliphatic rings. The summed E-state index contributed by atoms with van der Waals surface area (Å²) < 4.78 is 1.86. The van der Waals surface area contributed by atoms with Crippen LogP contribution in [0.25, 0.3) is 27.9 Å². The van der Waals surface area contributed by atoms with Crippen LogP contribution in [0.5, 0.6) is 0 Å². The molecule has 0 bridgehead atoms. The molecule has 2 N–H and O–H groups in total. The summed E-state index contributed by atoms with van der Waals surface area (Å²) in [5, 5.41) is 8.79. The third-order valence-corrected chi connectivity index (χ3v) is 5.90. The van der Waals surface area contributed by atoms with Gasteiger partial charge < -0.3 is 10.3 Å². The van der Waals surface area contributed by atoms with Crippen LogP contribution < -0.4 is 5.32 Å². The van der Waals surface area contributed by atoms with Crippen molar-refractivity contribution in [3.63, 3.8) is 0 Å². The molecule has 4 aromatic rings. The number of H-pyrrole nitrogens is 1. The van der Waals surface area contributed by atoms with Crippen LogP contribution in [0, 0.1) is 5.41 Å². The lowest BCUT2D eigenvalue weighted by Gasteiger charge is -2.09. The maximum absolute atomic E-state index is 4.90. The van der Waals surface area contributed by atoms with Crippen molar-refractivity contribution in [2.24, 2.45) is 5.41 Å². The number of fused-ring (bicyclic) bond motifs is 2. The second-order valence-corrected chi connectivity index (χ2v) is 8.28. The zero-order valence-corrected chi connectivity index (χ0v) is 15.2. The third kappa shape index (κ3) is 2.57. The zero-order valence-electron chi connectivity index (χ0n) is 15.2. The van der Waals surface area contributed by atoms with Crippen molar-refractivity contribution in [3.8, 4) is 11.3 Å². The Morgan fingerprint density at radius 1 is 1.26 bits per heavy atom. The Labute approximate surface area is 156 Å². The second-order valence-electron chi connectivity index (χ2n) is 8.28. The van der Waals surface area contributed by atoms with Gasteiger partial charge in [-0.05, 0) is 43.1 Å². The number of nitrogens with one attached hydrogen (secondary N) is 2. The number of anilines is 1. The molecule has 4 heterocycles. The van der Waals surface area contributed by atoms with Crippen LogP contribution in [-0.2, 0) is 0 Å². The average Bonchev–Trinajstić information content (AvgIpc) is 3.58. The minimum Gasteiger partial charge on any atom is -0.354 e. The van der Waals surface area contributed by atoms with Gasteiger partial charge in [0.2, 0.25) is 5.95 Å². The predicted molar refractivity (Wildman–Crippen MR) is 104 cm³/mol. The second kappa shape index (κ2) is 5.28. The van der Waals surface area contributed by atoms with E-state index in [9.17, 15) is 0 Å². The molecule has 0 aromatic carbocycles. The first kappa shape index (κ1) is 15.1. The Bertz CT molecular complexity index is 1160. The molecule has 4 aromatic heterocycles. The van der Waals surface area contributed by atoms with E-state index in [4.69, 9.17) is 4.98 Å². The summed E-state index contributed by atoms with van der Waals surface area (Å²) in [6, 6.07) is 2.00. The fraction of sp³-hybridized carbons (Fsp3) is 0.400. The Hall–Kier alpha value is -2.96. The molecule has 0 atom stereocenters. The Morgan fingerprint density at radius 3 is 2.96 bits per heavy atom. The first-order valence-electron chi connectivity index (χ1n) is 9.61. The molecule has 2 fully saturated rings. The van der Waals surface area contributed by atoms with Gasteiger partial charge in [-0.25, -0.2) is 14.5 Å². The van der Waals surface area contributed by atoms with Crippen LogP contribution >= 0.6 is 0 Å². The molecular weight excluding hydrogens is 338 g/mol. The number of nitrogens with zero attached hydrogens (tertiary/aromatic N) is 5. The van der Waals surface area contributed by atoms with Gasteiger partial charge in [-0.2, -0.15) is 10.1 Å². The summed E-state index contributed by atoms with van der Waals surface area (Å²) in [6.07, 6.45) is 12.8. The van der Waals surface area contributed by atoms with Crippen LogP contribution in [0.1, 0.15) is 44.1 Å². The molecule has 0 saturated heterocycles. The minimum atomic E-state index is 0.420. The van der Waals surface area contributed by atoms with Crippen molar-refractivity contribution >= 4 is 22.6 Å². The first-order chi connectivity index (χ1) is 13.2. The molecular formula is C20H21N7. The van der Waals surface area contributed by atoms with Gasteiger partial charge in [-0.15, -0.1) is 0 Å². The molecule has 0 amide bonds. The van der Waals surface area contributed by atoms with Gasteiger partial charge in [0.25, 0.3) is 0 Å². The molecule has 136 valence electrons. The molecule has 0 unspecified atom stereocenters. The quantitative estimate of drug-likeness (QED) is 0.567. The molecule has 7 nitrogen and oxygen atoms in total. The van der Waals surface area contributed by atoms with Gasteiger partial charge >= 0.3 is 0 Å². The average molecular weight is 359 g/mol. The standard InChI is InChI=1S/C20H21N7/c1-20(5-6-20)11-23-19-22-9-15-14(8-21-17(15)26-19)16-4-7-27-18(25-16)13(10-24-27)12-2-3-12/h4,7-10,12H,2-3,5-6,11H2,1H3,(H2,21,22,23,26). The molecule has 0 radical (unpaired) electrons. The molecule has 27 heavy (non-hydrogen) atoms. The van der Waals surface area contributed by atoms with E-state index < -0.39 is 0 Å². The molecule has 0 spiro atoms. The third-order valence-electron chi connectivity index (χ3n) is 5.90. The van der Waals surface area contributed by atoms with E-state index >= 15 is 0 Å². The summed E-state index contributed by atoms with van der Waals surface area (Å²) in [5.74, 6) is 1.30. The van der Waals surface area contributed by atoms with Gasteiger partial charge in [-0.3, -0.25) is 0 Å². The van der Waals surface area contributed by atoms with Gasteiger partial charge in [0, 0.05) is 41.6 Å². The van der Waals surface area contributed by atoms with E-state index in [1.807, 2.05) is 35.4 Å². The predicted octanol–water partition coefficient (Wildman–Crippen LogP) is 3.76. The van der Waals surface area contributed by atoms with Crippen molar-refractivity contribution in [1.82, 2.24) is 29.5 Å². The smallest absolute Gasteiger partial charge is 0.224 e. The molecule has 0 aliphatic heterocycles. The fourth-order valence-corrected chi connectivity index (χ4v) is 3.61. The van der Waals surface area contributed by atoms with Crippen LogP contribution in [0.2, 0.25) is 0 Å². The van der Waals surface area contributed by atoms with Crippen LogP contribution in [0.15, 0.2) is 30.9 Å². The summed E-state index contributed by atoms with van der Waals surface area (Å²) >= 11 is 0. The summed E-state index contributed by atoms with van der Waals surface area (Å²) in [7, 11) is 0. The van der Waals surface area contributed by atoms with Gasteiger partial charge in [0.15, 0.2) is 5.65 Å². The van der Waals surface area contributed by atoms with Gasteiger partial charge in [0.1, 0.15) is 5.65 Å². The highest BCUT2D eigenvalue weighted by Gasteiger charge is 2.37. The van der Waals surface area contributed by atoms with Crippen molar-refractivity contribution in [3.05, 3.63) is 36.4 Å². The fourth-order valence-electron chi connectivity index (χ4n) is 3.61. The van der Waals surface area contributed by atoms with E-state index in [1.54, 1.807) is 0 Å². The molecule has 2 saturated carbocycles. The summed E-state index contributed by atoms with van der Waals surface area (Å²) in [5.41, 5.74) is 5.42. The highest BCUT2D eigenvalue weighted by Crippen LogP contribution is 2.44. The largest absolute Gasteiger partial charge is 0.354 e. The normalized spacial score (nSPS) is 18.3. The van der Waals surface area contributed by atoms with E-state index in [0.717, 1.165) is 34.5 Å². The van der Waals surface area contributed by atoms with Gasteiger partial charge in [-0.1, -0.05) is 6.92 Å². The van der Waals surface area contributed by atoms with E-state index in [2.05, 4.69) is 32.3 Å². The lowest BCUT2D eigenvalue weighted by molar-refractivity contribution is 0.608. The Morgan fingerprint density at radius 2 is 2.15 bits per heavy atom. The highest BCUT2D eigenvalue weighted by atomic mass is 15.2. The Kier molecular flexibility index (Phi) is 2.96. The zero-order chi connectivity index (χ0) is 18.0. The van der Waals surface area contributed by atoms with Crippen LogP contribution in [0.4, 0.5) is 5.95 Å². The number of hydrogen-bond acceptors (Lipinski definition) is 5. The topological polar surface area (TPSA) is 83.8 Å². The number of aromatic nitrogens is 6. The van der Waals surface area contributed by atoms with Gasteiger partial charge in [0.05, 0.1) is 11.9 Å². The number of aromatic amines is 1. The van der Waals surface area contributed by atoms with Crippen molar-refractivity contribution in [2.45, 2.75) is 38.5 Å². The molecule has 6 rings (SSSR count). The van der Waals surface area contributed by atoms with Crippen LogP contribution in [-0.4, -0.2) is 36.1 Å². The van der Waals surface area contributed by atoms with E-state index in [1.165, 1.54) is 31.2 Å². The Balaban J connectivity index is 1.36. The van der Waals surface area contributed by atoms with E-state index in [-0.39, 0.29) is 0 Å². The van der Waals surface area contributed by atoms with Crippen molar-refractivity contribution in [1.29, 1.82) is 0 Å². The number of hydrogen-bond donors (Lipinski definition) is 2. The lowest BCUT2D eigenvalue weighted by atomic mass is 10.1. The number of rotatable bonds is 5. The maximum Gasteiger partial charge on any atom is 0.224 e. The molecule has 2 aliphatic carbocycles. The summed E-state index contributed by atoms with van der Waals surface area (Å²) in [4.78, 5) is 17.3. The van der Waals surface area contributed by atoms with E-state index in [0.29, 0.717) is 17.3 Å². The monoisotopic (exact) mass is 359 g/mol. The SMILES string of the molecule is CC1(CNc2ncc3c(-c4ccn5ncc(C6CC6)c5n4)c[nH]c3n2)CC1. The molecule has 7 heteroatoms. The highest BCUT2D eigenvalue weighted by molar-refractivity contribution is 5.92. The first-order valence-corrected chi connectivity index (χ1v) is 9.61. The maximum atomic E-state index is 4.90. The summed E-state index contributed by atoms with van der Waals surface area (Å²) in [6.45, 7) is 3.22.